The number of Topliss-reactive ketones (excluding diaryl/α,β-unsaturated/α-hetero) is 1. The number of hydrogen-bond acceptors (Lipinski definition) is 7. The van der Waals surface area contributed by atoms with Gasteiger partial charge in [0.05, 0.1) is 29.4 Å². The third-order valence-electron chi connectivity index (χ3n) is 7.52. The van der Waals surface area contributed by atoms with Crippen LogP contribution in [0.4, 0.5) is 5.69 Å². The summed E-state index contributed by atoms with van der Waals surface area (Å²) < 4.78 is 11.7. The minimum Gasteiger partial charge on any atom is -0.461 e. The Hall–Kier alpha value is -3.08. The van der Waals surface area contributed by atoms with E-state index in [1.165, 1.54) is 30.3 Å². The molecule has 9 nitrogen and oxygen atoms in total. The second-order valence-corrected chi connectivity index (χ2v) is 16.6. The van der Waals surface area contributed by atoms with Gasteiger partial charge in [0.25, 0.3) is 5.69 Å². The number of β-lactam (4-membered cyclic amide) rings is 1. The monoisotopic (exact) mass is 574 g/mol. The number of hydrogen-bond donors (Lipinski definition) is 1. The lowest BCUT2D eigenvalue weighted by molar-refractivity contribution is -0.384. The van der Waals surface area contributed by atoms with Gasteiger partial charge in [-0.25, -0.2) is 0 Å². The molecule has 0 aromatic heterocycles. The van der Waals surface area contributed by atoms with Crippen LogP contribution >= 0.6 is 11.6 Å². The number of amides is 1. The molecule has 1 amide bonds. The maximum Gasteiger partial charge on any atom is 0.310 e. The number of ether oxygens (including phenoxy) is 1. The molecule has 0 bridgehead atoms. The van der Waals surface area contributed by atoms with Crippen molar-refractivity contribution < 1.29 is 28.5 Å². The van der Waals surface area contributed by atoms with Gasteiger partial charge >= 0.3 is 5.97 Å². The van der Waals surface area contributed by atoms with Crippen LogP contribution in [0.3, 0.4) is 0 Å². The summed E-state index contributed by atoms with van der Waals surface area (Å²) in [6.07, 6.45) is -0.279. The molecule has 210 valence electrons. The summed E-state index contributed by atoms with van der Waals surface area (Å²) in [6, 6.07) is 10.2. The minimum absolute atomic E-state index is 0.00242. The zero-order valence-electron chi connectivity index (χ0n) is 23.1. The number of benzene rings is 2. The number of ketones is 1. The highest BCUT2D eigenvalue weighted by molar-refractivity contribution is 6.74. The number of esters is 1. The van der Waals surface area contributed by atoms with Gasteiger partial charge in [-0.15, -0.1) is 0 Å². The number of nitro benzene ring substituents is 1. The summed E-state index contributed by atoms with van der Waals surface area (Å²) in [5.74, 6) is -1.20. The number of halogens is 1. The topological polar surface area (TPSA) is 125 Å². The predicted molar refractivity (Wildman–Crippen MR) is 150 cm³/mol. The Bertz CT molecular complexity index is 1260. The Kier molecular flexibility index (Phi) is 9.35. The zero-order valence-corrected chi connectivity index (χ0v) is 24.8. The summed E-state index contributed by atoms with van der Waals surface area (Å²) >= 11 is 6.37. The molecule has 1 fully saturated rings. The van der Waals surface area contributed by atoms with E-state index in [2.05, 4.69) is 39.2 Å². The average Bonchev–Trinajstić information content (AvgIpc) is 2.82. The molecule has 3 atom stereocenters. The number of nitrogens with one attached hydrogen (secondary N) is 1. The van der Waals surface area contributed by atoms with Crippen molar-refractivity contribution in [1.82, 2.24) is 5.32 Å². The number of non-ortho nitro benzene ring substituents is 1. The maximum atomic E-state index is 13.0. The lowest BCUT2D eigenvalue weighted by atomic mass is 9.82. The second kappa shape index (κ2) is 12.0. The molecule has 39 heavy (non-hydrogen) atoms. The van der Waals surface area contributed by atoms with E-state index < -0.39 is 25.1 Å². The van der Waals surface area contributed by atoms with Gasteiger partial charge in [0.1, 0.15) is 6.61 Å². The van der Waals surface area contributed by atoms with Crippen LogP contribution in [0.5, 0.6) is 0 Å². The molecular formula is C28H35ClN2O7Si. The van der Waals surface area contributed by atoms with Crippen LogP contribution in [0.25, 0.3) is 0 Å². The van der Waals surface area contributed by atoms with E-state index in [0.717, 1.165) is 0 Å². The predicted octanol–water partition coefficient (Wildman–Crippen LogP) is 5.63. The molecule has 0 radical (unpaired) electrons. The van der Waals surface area contributed by atoms with Crippen molar-refractivity contribution >= 4 is 43.3 Å². The third kappa shape index (κ3) is 7.52. The van der Waals surface area contributed by atoms with Gasteiger partial charge in [-0.1, -0.05) is 44.5 Å². The summed E-state index contributed by atoms with van der Waals surface area (Å²) in [7, 11) is -2.08. The highest BCUT2D eigenvalue weighted by Gasteiger charge is 2.47. The lowest BCUT2D eigenvalue weighted by Crippen LogP contribution is -2.64. The number of nitro groups is 1. The van der Waals surface area contributed by atoms with Crippen molar-refractivity contribution in [3.05, 3.63) is 74.3 Å². The summed E-state index contributed by atoms with van der Waals surface area (Å²) in [6.45, 7) is 12.6. The Morgan fingerprint density at radius 1 is 1.15 bits per heavy atom. The normalized spacial score (nSPS) is 18.1. The molecule has 0 saturated carbocycles. The number of carbonyl (C=O) groups excluding carboxylic acids is 3. The Labute approximate surface area is 234 Å². The molecule has 0 aliphatic carbocycles. The lowest BCUT2D eigenvalue weighted by Gasteiger charge is -2.45. The van der Waals surface area contributed by atoms with Crippen LogP contribution < -0.4 is 5.32 Å². The van der Waals surface area contributed by atoms with E-state index in [0.29, 0.717) is 16.7 Å². The number of nitrogens with zero attached hydrogens (tertiary/aromatic N) is 1. The fourth-order valence-corrected chi connectivity index (χ4v) is 5.83. The Balaban J connectivity index is 1.56. The van der Waals surface area contributed by atoms with Crippen molar-refractivity contribution in [2.45, 2.75) is 77.4 Å². The molecule has 0 unspecified atom stereocenters. The smallest absolute Gasteiger partial charge is 0.310 e. The fraction of sp³-hybridized carbons (Fsp3) is 0.464. The van der Waals surface area contributed by atoms with E-state index in [1.54, 1.807) is 12.1 Å². The average molecular weight is 575 g/mol. The fourth-order valence-electron chi connectivity index (χ4n) is 4.15. The van der Waals surface area contributed by atoms with Crippen LogP contribution in [0, 0.1) is 16.0 Å². The van der Waals surface area contributed by atoms with Crippen molar-refractivity contribution in [2.24, 2.45) is 5.92 Å². The van der Waals surface area contributed by atoms with Gasteiger partial charge in [0, 0.05) is 29.1 Å². The first-order chi connectivity index (χ1) is 18.1. The van der Waals surface area contributed by atoms with Gasteiger partial charge < -0.3 is 14.5 Å². The van der Waals surface area contributed by atoms with E-state index in [1.807, 2.05) is 6.92 Å². The quantitative estimate of drug-likeness (QED) is 0.0920. The maximum absolute atomic E-state index is 13.0. The molecule has 1 saturated heterocycles. The van der Waals surface area contributed by atoms with Crippen LogP contribution in [0.15, 0.2) is 42.5 Å². The van der Waals surface area contributed by atoms with Gasteiger partial charge in [0.2, 0.25) is 5.91 Å². The number of carbonyl (C=O) groups is 3. The third-order valence-corrected chi connectivity index (χ3v) is 12.4. The SMILES string of the molecule is C[C@@H](O[Si](C)(C)C(C)(C)C)[C@H]1C(=O)N[C@@H]1CC(=O)c1ccc(CC(=O)OCc2ccc([N+](=O)[O-])cc2)c(Cl)c1. The molecule has 11 heteroatoms. The highest BCUT2D eigenvalue weighted by atomic mass is 35.5. The first-order valence-corrected chi connectivity index (χ1v) is 16.1. The molecule has 3 rings (SSSR count). The van der Waals surface area contributed by atoms with Crippen molar-refractivity contribution in [2.75, 3.05) is 0 Å². The summed E-state index contributed by atoms with van der Waals surface area (Å²) in [4.78, 5) is 47.9. The first kappa shape index (κ1) is 30.5. The number of rotatable bonds is 11. The van der Waals surface area contributed by atoms with E-state index in [9.17, 15) is 24.5 Å². The molecule has 1 N–H and O–H groups in total. The van der Waals surface area contributed by atoms with Gasteiger partial charge in [-0.2, -0.15) is 0 Å². The molecule has 1 heterocycles. The molecule has 1 aliphatic rings. The molecule has 1 aliphatic heterocycles. The van der Waals surface area contributed by atoms with E-state index in [4.69, 9.17) is 20.8 Å². The molecule has 0 spiro atoms. The van der Waals surface area contributed by atoms with Crippen LogP contribution in [0.1, 0.15) is 55.6 Å². The van der Waals surface area contributed by atoms with Crippen molar-refractivity contribution in [3.8, 4) is 0 Å². The Morgan fingerprint density at radius 3 is 2.33 bits per heavy atom. The first-order valence-electron chi connectivity index (χ1n) is 12.8. The van der Waals surface area contributed by atoms with E-state index in [-0.39, 0.29) is 59.0 Å². The standard InChI is InChI=1S/C28H35ClN2O7Si/c1-17(38-39(5,6)28(2,3)4)26-23(30-27(26)34)15-24(32)20-10-9-19(22(29)13-20)14-25(33)37-16-18-7-11-21(12-8-18)31(35)36/h7-13,17,23,26H,14-16H2,1-6H3,(H,30,34)/t17-,23-,26-/m1/s1. The van der Waals surface area contributed by atoms with E-state index >= 15 is 0 Å². The summed E-state index contributed by atoms with van der Waals surface area (Å²) in [5, 5.41) is 13.8. The van der Waals surface area contributed by atoms with Gasteiger partial charge in [-0.05, 0) is 54.4 Å². The van der Waals surface area contributed by atoms with Crippen LogP contribution in [0.2, 0.25) is 23.2 Å². The highest BCUT2D eigenvalue weighted by Crippen LogP contribution is 2.39. The largest absolute Gasteiger partial charge is 0.461 e. The van der Waals surface area contributed by atoms with Crippen LogP contribution in [-0.4, -0.2) is 43.0 Å². The van der Waals surface area contributed by atoms with Crippen molar-refractivity contribution in [3.63, 3.8) is 0 Å². The second-order valence-electron chi connectivity index (χ2n) is 11.4. The molecular weight excluding hydrogens is 540 g/mol. The minimum atomic E-state index is -2.08. The van der Waals surface area contributed by atoms with Crippen molar-refractivity contribution in [1.29, 1.82) is 0 Å². The van der Waals surface area contributed by atoms with Gasteiger partial charge in [0.15, 0.2) is 14.1 Å². The van der Waals surface area contributed by atoms with Gasteiger partial charge in [-0.3, -0.25) is 24.5 Å². The van der Waals surface area contributed by atoms with Crippen LogP contribution in [-0.2, 0) is 31.8 Å². The Morgan fingerprint density at radius 2 is 1.79 bits per heavy atom. The molecule has 2 aromatic carbocycles. The summed E-state index contributed by atoms with van der Waals surface area (Å²) in [5.41, 5.74) is 1.47. The zero-order chi connectivity index (χ0) is 29.1. The molecule has 2 aromatic rings.